The highest BCUT2D eigenvalue weighted by Crippen LogP contribution is 2.45. The Balaban J connectivity index is 1.60. The quantitative estimate of drug-likeness (QED) is 0.468. The average Bonchev–Trinajstić information content (AvgIpc) is 2.82. The zero-order valence-corrected chi connectivity index (χ0v) is 20.8. The molecule has 35 heavy (non-hydrogen) atoms. The van der Waals surface area contributed by atoms with Gasteiger partial charge in [-0.2, -0.15) is 0 Å². The third-order valence-corrected chi connectivity index (χ3v) is 7.29. The van der Waals surface area contributed by atoms with E-state index in [9.17, 15) is 14.7 Å². The van der Waals surface area contributed by atoms with Crippen LogP contribution in [0.4, 0.5) is 0 Å². The largest absolute Gasteiger partial charge is 0.496 e. The van der Waals surface area contributed by atoms with Crippen molar-refractivity contribution in [3.05, 3.63) is 52.7 Å². The van der Waals surface area contributed by atoms with Gasteiger partial charge in [-0.25, -0.2) is 0 Å². The Bertz CT molecular complexity index is 1270. The topological polar surface area (TPSA) is 93.9 Å². The molecule has 1 N–H and O–H groups in total. The van der Waals surface area contributed by atoms with Gasteiger partial charge in [0.15, 0.2) is 0 Å². The standard InChI is InChI=1S/C27H33N3O5/c1-29(12-6-10-27(26(32)33)8-5-9-27)16-22-23(34-3)13-18(14-24(22)35-4)21-17-30(2)25(31)20-15-28-11-7-19(20)21/h7,11,13-15,17H,5-6,8-10,12,16H2,1-4H3,(H,32,33). The summed E-state index contributed by atoms with van der Waals surface area (Å²) in [5, 5.41) is 10.9. The predicted octanol–water partition coefficient (Wildman–Crippen LogP) is 4.08. The van der Waals surface area contributed by atoms with Crippen LogP contribution < -0.4 is 15.0 Å². The number of fused-ring (bicyclic) bond motifs is 1. The molecule has 1 aromatic carbocycles. The van der Waals surface area contributed by atoms with Crippen LogP contribution in [-0.4, -0.2) is 53.3 Å². The van der Waals surface area contributed by atoms with Gasteiger partial charge in [-0.1, -0.05) is 6.42 Å². The van der Waals surface area contributed by atoms with Crippen LogP contribution >= 0.6 is 0 Å². The van der Waals surface area contributed by atoms with E-state index in [-0.39, 0.29) is 5.56 Å². The monoisotopic (exact) mass is 479 g/mol. The summed E-state index contributed by atoms with van der Waals surface area (Å²) < 4.78 is 13.1. The Hall–Kier alpha value is -3.39. The average molecular weight is 480 g/mol. The van der Waals surface area contributed by atoms with Crippen LogP contribution in [0.5, 0.6) is 11.5 Å². The van der Waals surface area contributed by atoms with Gasteiger partial charge in [-0.05, 0) is 68.4 Å². The highest BCUT2D eigenvalue weighted by atomic mass is 16.5. The van der Waals surface area contributed by atoms with Crippen LogP contribution in [0.2, 0.25) is 0 Å². The Morgan fingerprint density at radius 1 is 1.20 bits per heavy atom. The minimum absolute atomic E-state index is 0.0967. The lowest BCUT2D eigenvalue weighted by Crippen LogP contribution is -2.38. The number of hydrogen-bond donors (Lipinski definition) is 1. The smallest absolute Gasteiger partial charge is 0.309 e. The molecule has 0 unspecified atom stereocenters. The fourth-order valence-corrected chi connectivity index (χ4v) is 5.05. The molecular weight excluding hydrogens is 446 g/mol. The van der Waals surface area contributed by atoms with Gasteiger partial charge in [-0.3, -0.25) is 14.6 Å². The zero-order chi connectivity index (χ0) is 25.2. The number of methoxy groups -OCH3 is 2. The van der Waals surface area contributed by atoms with Gasteiger partial charge in [0.1, 0.15) is 11.5 Å². The van der Waals surface area contributed by atoms with Crippen molar-refractivity contribution < 1.29 is 19.4 Å². The SMILES string of the molecule is COc1cc(-c2cn(C)c(=O)c3cnccc23)cc(OC)c1CN(C)CCCC1(C(=O)O)CCC1. The third kappa shape index (κ3) is 4.75. The molecule has 0 saturated heterocycles. The summed E-state index contributed by atoms with van der Waals surface area (Å²) in [6.07, 6.45) is 9.19. The first-order valence-corrected chi connectivity index (χ1v) is 11.9. The molecule has 1 aliphatic rings. The number of ether oxygens (including phenoxy) is 2. The lowest BCUT2D eigenvalue weighted by molar-refractivity contribution is -0.155. The van der Waals surface area contributed by atoms with Crippen LogP contribution in [0.15, 0.2) is 41.6 Å². The number of hydrogen-bond acceptors (Lipinski definition) is 6. The Labute approximate surface area is 205 Å². The van der Waals surface area contributed by atoms with Crippen LogP contribution in [0.3, 0.4) is 0 Å². The summed E-state index contributed by atoms with van der Waals surface area (Å²) in [6.45, 7) is 1.38. The van der Waals surface area contributed by atoms with Gasteiger partial charge in [-0.15, -0.1) is 0 Å². The number of aliphatic carboxylic acids is 1. The molecular formula is C27H33N3O5. The summed E-state index contributed by atoms with van der Waals surface area (Å²) >= 11 is 0. The van der Waals surface area contributed by atoms with Gasteiger partial charge in [0.2, 0.25) is 0 Å². The molecule has 0 radical (unpaired) electrons. The van der Waals surface area contributed by atoms with Crippen molar-refractivity contribution in [1.82, 2.24) is 14.5 Å². The highest BCUT2D eigenvalue weighted by molar-refractivity contribution is 5.95. The van der Waals surface area contributed by atoms with E-state index in [2.05, 4.69) is 9.88 Å². The Morgan fingerprint density at radius 3 is 2.46 bits per heavy atom. The highest BCUT2D eigenvalue weighted by Gasteiger charge is 2.43. The molecule has 0 bridgehead atoms. The minimum Gasteiger partial charge on any atom is -0.496 e. The van der Waals surface area contributed by atoms with Crippen molar-refractivity contribution in [3.8, 4) is 22.6 Å². The summed E-state index contributed by atoms with van der Waals surface area (Å²) in [5.41, 5.74) is 2.08. The van der Waals surface area contributed by atoms with Crippen molar-refractivity contribution in [2.75, 3.05) is 27.8 Å². The lowest BCUT2D eigenvalue weighted by Gasteiger charge is -2.38. The van der Waals surface area contributed by atoms with Gasteiger partial charge < -0.3 is 24.0 Å². The third-order valence-electron chi connectivity index (χ3n) is 7.29. The summed E-state index contributed by atoms with van der Waals surface area (Å²) in [4.78, 5) is 30.5. The van der Waals surface area contributed by atoms with Crippen molar-refractivity contribution in [3.63, 3.8) is 0 Å². The normalized spacial score (nSPS) is 14.7. The molecule has 0 aliphatic heterocycles. The molecule has 8 nitrogen and oxygen atoms in total. The molecule has 186 valence electrons. The first-order valence-electron chi connectivity index (χ1n) is 11.9. The molecule has 1 aliphatic carbocycles. The number of rotatable bonds is 10. The number of carboxylic acid groups (broad SMARTS) is 1. The van der Waals surface area contributed by atoms with Gasteiger partial charge in [0, 0.05) is 37.7 Å². The number of benzene rings is 1. The molecule has 4 rings (SSSR count). The number of carbonyl (C=O) groups is 1. The molecule has 2 aromatic heterocycles. The predicted molar refractivity (Wildman–Crippen MR) is 135 cm³/mol. The summed E-state index contributed by atoms with van der Waals surface area (Å²) in [6, 6.07) is 5.79. The molecule has 1 fully saturated rings. The van der Waals surface area contributed by atoms with Gasteiger partial charge in [0.05, 0.1) is 30.6 Å². The molecule has 1 saturated carbocycles. The molecule has 3 aromatic rings. The first-order chi connectivity index (χ1) is 16.8. The second kappa shape index (κ2) is 10.1. The summed E-state index contributed by atoms with van der Waals surface area (Å²) in [5.74, 6) is 0.735. The number of carboxylic acids is 1. The molecule has 0 amide bonds. The van der Waals surface area contributed by atoms with E-state index in [1.54, 1.807) is 38.2 Å². The molecule has 0 spiro atoms. The van der Waals surface area contributed by atoms with Crippen LogP contribution in [0.25, 0.3) is 21.9 Å². The maximum Gasteiger partial charge on any atom is 0.309 e. The van der Waals surface area contributed by atoms with E-state index in [0.717, 1.165) is 54.3 Å². The second-order valence-corrected chi connectivity index (χ2v) is 9.52. The Morgan fingerprint density at radius 2 is 1.89 bits per heavy atom. The maximum atomic E-state index is 12.6. The number of nitrogens with zero attached hydrogens (tertiary/aromatic N) is 3. The van der Waals surface area contributed by atoms with Crippen molar-refractivity contribution >= 4 is 16.7 Å². The van der Waals surface area contributed by atoms with Crippen LogP contribution in [-0.2, 0) is 18.4 Å². The van der Waals surface area contributed by atoms with Gasteiger partial charge in [0.25, 0.3) is 5.56 Å². The number of aryl methyl sites for hydroxylation is 1. The van der Waals surface area contributed by atoms with E-state index < -0.39 is 11.4 Å². The van der Waals surface area contributed by atoms with Crippen molar-refractivity contribution in [2.24, 2.45) is 12.5 Å². The molecule has 8 heteroatoms. The fraction of sp³-hybridized carbons (Fsp3) is 0.444. The van der Waals surface area contributed by atoms with E-state index in [1.807, 2.05) is 31.4 Å². The second-order valence-electron chi connectivity index (χ2n) is 9.52. The number of pyridine rings is 2. The first kappa shape index (κ1) is 24.7. The lowest BCUT2D eigenvalue weighted by atomic mass is 9.66. The van der Waals surface area contributed by atoms with Crippen LogP contribution in [0, 0.1) is 5.41 Å². The van der Waals surface area contributed by atoms with Crippen LogP contribution in [0.1, 0.15) is 37.7 Å². The van der Waals surface area contributed by atoms with E-state index >= 15 is 0 Å². The summed E-state index contributed by atoms with van der Waals surface area (Å²) in [7, 11) is 7.03. The minimum atomic E-state index is -0.660. The van der Waals surface area contributed by atoms with Gasteiger partial charge >= 0.3 is 5.97 Å². The van der Waals surface area contributed by atoms with Crippen molar-refractivity contribution in [1.29, 1.82) is 0 Å². The number of aromatic nitrogens is 2. The molecule has 2 heterocycles. The van der Waals surface area contributed by atoms with E-state index in [0.29, 0.717) is 29.9 Å². The Kier molecular flexibility index (Phi) is 7.12. The fourth-order valence-electron chi connectivity index (χ4n) is 5.05. The zero-order valence-electron chi connectivity index (χ0n) is 20.8. The van der Waals surface area contributed by atoms with Crippen molar-refractivity contribution in [2.45, 2.75) is 38.6 Å². The molecule has 0 atom stereocenters. The maximum absolute atomic E-state index is 12.6. The van der Waals surface area contributed by atoms with E-state index in [1.165, 1.54) is 0 Å². The van der Waals surface area contributed by atoms with E-state index in [4.69, 9.17) is 9.47 Å².